The van der Waals surface area contributed by atoms with Gasteiger partial charge in [0.1, 0.15) is 0 Å². The van der Waals surface area contributed by atoms with Crippen LogP contribution in [0.5, 0.6) is 0 Å². The minimum absolute atomic E-state index is 0.139. The Morgan fingerprint density at radius 1 is 0.950 bits per heavy atom. The highest BCUT2D eigenvalue weighted by atomic mass is 16.6. The molecule has 0 radical (unpaired) electrons. The van der Waals surface area contributed by atoms with Crippen LogP contribution in [0.1, 0.15) is 6.92 Å². The average molecular weight is 299 g/mol. The lowest BCUT2D eigenvalue weighted by Gasteiger charge is -1.94. The van der Waals surface area contributed by atoms with Gasteiger partial charge in [0, 0.05) is 13.1 Å². The van der Waals surface area contributed by atoms with E-state index in [2.05, 4.69) is 25.1 Å². The van der Waals surface area contributed by atoms with Gasteiger partial charge in [0.15, 0.2) is 0 Å². The van der Waals surface area contributed by atoms with E-state index in [4.69, 9.17) is 40.2 Å². The zero-order valence-corrected chi connectivity index (χ0v) is 11.5. The number of hydrogen-bond acceptors (Lipinski definition) is 5. The number of carbonyl (C=O) groups is 2. The molecule has 0 spiro atoms. The molecule has 0 unspecified atom stereocenters. The van der Waals surface area contributed by atoms with Gasteiger partial charge in [0.05, 0.1) is 13.2 Å². The molecule has 7 N–H and O–H groups in total. The van der Waals surface area contributed by atoms with Crippen LogP contribution in [0.3, 0.4) is 0 Å². The highest BCUT2D eigenvalue weighted by molar-refractivity contribution is 5.53. The zero-order chi connectivity index (χ0) is 17.4. The Kier molecular flexibility index (Phi) is 67.0. The molecular formula is C11H25NO8. The van der Waals surface area contributed by atoms with Crippen LogP contribution in [0, 0.1) is 0 Å². The Labute approximate surface area is 118 Å². The van der Waals surface area contributed by atoms with Gasteiger partial charge in [-0.15, -0.1) is 19.7 Å². The lowest BCUT2D eigenvalue weighted by Crippen LogP contribution is -2.21. The van der Waals surface area contributed by atoms with Crippen LogP contribution in [0.4, 0.5) is 9.59 Å². The number of aliphatic hydroxyl groups excluding tert-OH is 2. The van der Waals surface area contributed by atoms with Gasteiger partial charge in [0.2, 0.25) is 0 Å². The summed E-state index contributed by atoms with van der Waals surface area (Å²) in [4.78, 5) is 17.1. The lowest BCUT2D eigenvalue weighted by atomic mass is 10.6. The van der Waals surface area contributed by atoms with E-state index in [0.717, 1.165) is 0 Å². The molecule has 0 aromatic heterocycles. The molecule has 9 heteroatoms. The molecule has 0 aromatic carbocycles. The second-order valence-corrected chi connectivity index (χ2v) is 2.17. The van der Waals surface area contributed by atoms with Crippen molar-refractivity contribution in [2.45, 2.75) is 6.92 Å². The summed E-state index contributed by atoms with van der Waals surface area (Å²) >= 11 is 0. The fraction of sp³-hybridized carbons (Fsp3) is 0.455. The minimum Gasteiger partial charge on any atom is -0.450 e. The Morgan fingerprint density at radius 3 is 1.20 bits per heavy atom. The minimum atomic E-state index is -1.83. The van der Waals surface area contributed by atoms with E-state index in [9.17, 15) is 0 Å². The first-order valence-corrected chi connectivity index (χ1v) is 5.13. The Balaban J connectivity index is -0.0000000505. The van der Waals surface area contributed by atoms with Crippen LogP contribution in [0.25, 0.3) is 0 Å². The van der Waals surface area contributed by atoms with Crippen molar-refractivity contribution in [2.24, 2.45) is 0 Å². The number of nitrogens with one attached hydrogen (secondary N) is 1. The van der Waals surface area contributed by atoms with Crippen molar-refractivity contribution < 1.29 is 40.2 Å². The number of hydrogen-bond donors (Lipinski definition) is 7. The first kappa shape index (κ1) is 30.7. The van der Waals surface area contributed by atoms with Crippen LogP contribution < -0.4 is 5.32 Å². The molecule has 0 aliphatic rings. The largest absolute Gasteiger partial charge is 0.503 e. The van der Waals surface area contributed by atoms with Gasteiger partial charge in [-0.2, -0.15) is 0 Å². The summed E-state index contributed by atoms with van der Waals surface area (Å²) in [6, 6.07) is 0. The first-order valence-electron chi connectivity index (χ1n) is 5.13. The van der Waals surface area contributed by atoms with Gasteiger partial charge in [-0.25, -0.2) is 9.59 Å². The predicted molar refractivity (Wildman–Crippen MR) is 75.5 cm³/mol. The van der Waals surface area contributed by atoms with Crippen molar-refractivity contribution in [3.8, 4) is 0 Å². The van der Waals surface area contributed by atoms with Crippen molar-refractivity contribution in [2.75, 3.05) is 26.3 Å². The van der Waals surface area contributed by atoms with Crippen LogP contribution in [0.2, 0.25) is 0 Å². The second kappa shape index (κ2) is 43.6. The summed E-state index contributed by atoms with van der Waals surface area (Å²) in [5.74, 6) is 0. The Morgan fingerprint density at radius 2 is 1.10 bits per heavy atom. The molecule has 0 fully saturated rings. The summed E-state index contributed by atoms with van der Waals surface area (Å²) in [6.45, 7) is 12.7. The van der Waals surface area contributed by atoms with Crippen molar-refractivity contribution in [3.63, 3.8) is 0 Å². The van der Waals surface area contributed by atoms with Crippen molar-refractivity contribution >= 4 is 12.3 Å². The third-order valence-corrected chi connectivity index (χ3v) is 0.577. The smallest absolute Gasteiger partial charge is 0.450 e. The van der Waals surface area contributed by atoms with Gasteiger partial charge < -0.3 is 36.0 Å². The molecule has 0 heterocycles. The van der Waals surface area contributed by atoms with Gasteiger partial charge in [-0.05, 0) is 6.92 Å². The van der Waals surface area contributed by atoms with Crippen LogP contribution in [-0.4, -0.2) is 69.3 Å². The van der Waals surface area contributed by atoms with Gasteiger partial charge in [0.25, 0.3) is 0 Å². The first-order chi connectivity index (χ1) is 9.29. The monoisotopic (exact) mass is 299 g/mol. The molecule has 122 valence electrons. The van der Waals surface area contributed by atoms with Crippen LogP contribution >= 0.6 is 0 Å². The fourth-order valence-corrected chi connectivity index (χ4v) is 0.283. The molecule has 0 aliphatic carbocycles. The highest BCUT2D eigenvalue weighted by Crippen LogP contribution is 1.54. The summed E-state index contributed by atoms with van der Waals surface area (Å²) in [6.07, 6.45) is -1.92. The summed E-state index contributed by atoms with van der Waals surface area (Å²) in [7, 11) is 0. The summed E-state index contributed by atoms with van der Waals surface area (Å²) in [5, 5.41) is 47.0. The van der Waals surface area contributed by atoms with E-state index in [1.54, 1.807) is 6.08 Å². The molecule has 0 amide bonds. The van der Waals surface area contributed by atoms with Crippen molar-refractivity contribution in [1.82, 2.24) is 5.32 Å². The lowest BCUT2D eigenvalue weighted by molar-refractivity contribution is 0.135. The van der Waals surface area contributed by atoms with Gasteiger partial charge in [-0.3, -0.25) is 0 Å². The Bertz CT molecular complexity index is 175. The maximum absolute atomic E-state index is 8.56. The van der Waals surface area contributed by atoms with E-state index < -0.39 is 12.3 Å². The molecule has 0 rings (SSSR count). The van der Waals surface area contributed by atoms with E-state index in [-0.39, 0.29) is 13.2 Å². The SMILES string of the molecule is C=C.C=CC.O=C(O)O.O=C(O)O.OCCNCCO. The predicted octanol–water partition coefficient (Wildman–Crippen LogP) is 1.000. The van der Waals surface area contributed by atoms with E-state index >= 15 is 0 Å². The topological polar surface area (TPSA) is 168 Å². The van der Waals surface area contributed by atoms with E-state index in [1.165, 1.54) is 0 Å². The maximum atomic E-state index is 8.56. The average Bonchev–Trinajstić information content (AvgIpc) is 2.32. The third-order valence-electron chi connectivity index (χ3n) is 0.577. The molecule has 0 bridgehead atoms. The fourth-order valence-electron chi connectivity index (χ4n) is 0.283. The molecular weight excluding hydrogens is 274 g/mol. The van der Waals surface area contributed by atoms with Crippen molar-refractivity contribution in [1.29, 1.82) is 0 Å². The zero-order valence-electron chi connectivity index (χ0n) is 11.5. The summed E-state index contributed by atoms with van der Waals surface area (Å²) in [5.41, 5.74) is 0. The van der Waals surface area contributed by atoms with Crippen LogP contribution in [0.15, 0.2) is 25.8 Å². The molecule has 0 aromatic rings. The van der Waals surface area contributed by atoms with Gasteiger partial charge in [-0.1, -0.05) is 6.08 Å². The quantitative estimate of drug-likeness (QED) is 0.296. The van der Waals surface area contributed by atoms with Crippen molar-refractivity contribution in [3.05, 3.63) is 25.8 Å². The van der Waals surface area contributed by atoms with E-state index in [0.29, 0.717) is 13.1 Å². The van der Waals surface area contributed by atoms with Gasteiger partial charge >= 0.3 is 12.3 Å². The molecule has 20 heavy (non-hydrogen) atoms. The molecule has 0 atom stereocenters. The Hall–Kier alpha value is -2.10. The van der Waals surface area contributed by atoms with Crippen LogP contribution in [-0.2, 0) is 0 Å². The number of aliphatic hydroxyl groups is 2. The number of allylic oxidation sites excluding steroid dienone is 1. The number of carboxylic acid groups (broad SMARTS) is 4. The third kappa shape index (κ3) is 978. The highest BCUT2D eigenvalue weighted by Gasteiger charge is 1.78. The molecule has 0 saturated heterocycles. The normalized spacial score (nSPS) is 6.55. The second-order valence-electron chi connectivity index (χ2n) is 2.17. The standard InChI is InChI=1S/C4H11NO2.C3H6.C2H4.2CH2O3/c6-3-1-5-2-4-7;1-3-2;1-2;2*2-1(3)4/h5-7H,1-4H2;3H,1H2,2H3;1-2H2;2*(H2,2,3,4). The number of rotatable bonds is 4. The summed E-state index contributed by atoms with van der Waals surface area (Å²) < 4.78 is 0. The maximum Gasteiger partial charge on any atom is 0.503 e. The molecule has 9 nitrogen and oxygen atoms in total. The van der Waals surface area contributed by atoms with E-state index in [1.807, 2.05) is 6.92 Å². The molecule has 0 saturated carbocycles. The molecule has 0 aliphatic heterocycles.